The minimum Gasteiger partial charge on any atom is -0.489 e. The van der Waals surface area contributed by atoms with E-state index in [1.54, 1.807) is 18.3 Å². The Kier molecular flexibility index (Phi) is 5.19. The van der Waals surface area contributed by atoms with E-state index in [9.17, 15) is 4.79 Å². The van der Waals surface area contributed by atoms with E-state index in [-0.39, 0.29) is 5.91 Å². The van der Waals surface area contributed by atoms with Crippen LogP contribution >= 0.6 is 0 Å². The second kappa shape index (κ2) is 8.08. The van der Waals surface area contributed by atoms with Gasteiger partial charge in [-0.2, -0.15) is 5.10 Å². The first kappa shape index (κ1) is 17.3. The molecular formula is C22H23N3O2. The fourth-order valence-electron chi connectivity index (χ4n) is 3.49. The summed E-state index contributed by atoms with van der Waals surface area (Å²) < 4.78 is 7.72. The average Bonchev–Trinajstić information content (AvgIpc) is 3.39. The zero-order chi connectivity index (χ0) is 18.5. The summed E-state index contributed by atoms with van der Waals surface area (Å²) in [6, 6.07) is 19.5. The lowest BCUT2D eigenvalue weighted by atomic mass is 10.2. The van der Waals surface area contributed by atoms with Crippen molar-refractivity contribution in [2.45, 2.75) is 38.3 Å². The van der Waals surface area contributed by atoms with Crippen molar-refractivity contribution in [2.24, 2.45) is 0 Å². The minimum atomic E-state index is -0.135. The molecule has 0 unspecified atom stereocenters. The highest BCUT2D eigenvalue weighted by Gasteiger charge is 2.20. The molecule has 138 valence electrons. The second-order valence-electron chi connectivity index (χ2n) is 6.85. The number of rotatable bonds is 6. The SMILES string of the molecule is O=C(Nc1ccnn1C1CCCC1)c1ccc(OCc2ccccc2)cc1. The summed E-state index contributed by atoms with van der Waals surface area (Å²) in [4.78, 5) is 12.6. The third-order valence-electron chi connectivity index (χ3n) is 4.95. The molecule has 0 radical (unpaired) electrons. The maximum Gasteiger partial charge on any atom is 0.256 e. The van der Waals surface area contributed by atoms with Crippen LogP contribution in [0.2, 0.25) is 0 Å². The lowest BCUT2D eigenvalue weighted by Crippen LogP contribution is -2.17. The lowest BCUT2D eigenvalue weighted by Gasteiger charge is -2.14. The van der Waals surface area contributed by atoms with E-state index in [4.69, 9.17) is 4.74 Å². The van der Waals surface area contributed by atoms with Gasteiger partial charge in [-0.15, -0.1) is 0 Å². The molecule has 1 aliphatic carbocycles. The topological polar surface area (TPSA) is 56.2 Å². The van der Waals surface area contributed by atoms with Gasteiger partial charge in [-0.1, -0.05) is 43.2 Å². The van der Waals surface area contributed by atoms with Gasteiger partial charge in [-0.25, -0.2) is 4.68 Å². The van der Waals surface area contributed by atoms with Crippen LogP contribution in [-0.2, 0) is 6.61 Å². The Hall–Kier alpha value is -3.08. The molecule has 1 aliphatic rings. The minimum absolute atomic E-state index is 0.135. The van der Waals surface area contributed by atoms with E-state index < -0.39 is 0 Å². The van der Waals surface area contributed by atoms with Gasteiger partial charge in [0, 0.05) is 11.6 Å². The maximum absolute atomic E-state index is 12.6. The van der Waals surface area contributed by atoms with Crippen molar-refractivity contribution in [1.82, 2.24) is 9.78 Å². The highest BCUT2D eigenvalue weighted by Crippen LogP contribution is 2.31. The molecule has 1 amide bonds. The van der Waals surface area contributed by atoms with Gasteiger partial charge in [0.15, 0.2) is 0 Å². The van der Waals surface area contributed by atoms with Gasteiger partial charge in [0.05, 0.1) is 12.2 Å². The third-order valence-corrected chi connectivity index (χ3v) is 4.95. The highest BCUT2D eigenvalue weighted by molar-refractivity contribution is 6.03. The number of carbonyl (C=O) groups excluding carboxylic acids is 1. The molecule has 2 aromatic carbocycles. The predicted molar refractivity (Wildman–Crippen MR) is 105 cm³/mol. The average molecular weight is 361 g/mol. The Morgan fingerprint density at radius 2 is 1.78 bits per heavy atom. The largest absolute Gasteiger partial charge is 0.489 e. The van der Waals surface area contributed by atoms with Crippen LogP contribution in [0.1, 0.15) is 47.6 Å². The van der Waals surface area contributed by atoms with Crippen LogP contribution < -0.4 is 10.1 Å². The molecular weight excluding hydrogens is 338 g/mol. The first-order valence-electron chi connectivity index (χ1n) is 9.41. The Labute approximate surface area is 159 Å². The summed E-state index contributed by atoms with van der Waals surface area (Å²) in [5.74, 6) is 1.37. The van der Waals surface area contributed by atoms with E-state index in [0.717, 1.165) is 30.0 Å². The first-order valence-corrected chi connectivity index (χ1v) is 9.41. The number of benzene rings is 2. The van der Waals surface area contributed by atoms with E-state index >= 15 is 0 Å². The van der Waals surface area contributed by atoms with Crippen molar-refractivity contribution in [2.75, 3.05) is 5.32 Å². The normalized spacial score (nSPS) is 14.2. The Balaban J connectivity index is 1.37. The van der Waals surface area contributed by atoms with Gasteiger partial charge in [-0.3, -0.25) is 4.79 Å². The van der Waals surface area contributed by atoms with Crippen LogP contribution in [0.3, 0.4) is 0 Å². The Bertz CT molecular complexity index is 881. The molecule has 1 fully saturated rings. The van der Waals surface area contributed by atoms with E-state index in [1.807, 2.05) is 53.2 Å². The molecule has 0 aliphatic heterocycles. The molecule has 1 saturated carbocycles. The molecule has 3 aromatic rings. The molecule has 1 N–H and O–H groups in total. The fraction of sp³-hybridized carbons (Fsp3) is 0.273. The Morgan fingerprint density at radius 3 is 2.52 bits per heavy atom. The van der Waals surface area contributed by atoms with E-state index in [2.05, 4.69) is 10.4 Å². The molecule has 0 saturated heterocycles. The van der Waals surface area contributed by atoms with Crippen molar-refractivity contribution in [3.8, 4) is 5.75 Å². The maximum atomic E-state index is 12.6. The quantitative estimate of drug-likeness (QED) is 0.684. The lowest BCUT2D eigenvalue weighted by molar-refractivity contribution is 0.102. The van der Waals surface area contributed by atoms with E-state index in [0.29, 0.717) is 18.2 Å². The van der Waals surface area contributed by atoms with Gasteiger partial charge >= 0.3 is 0 Å². The number of carbonyl (C=O) groups is 1. The molecule has 0 spiro atoms. The third kappa shape index (κ3) is 4.19. The number of ether oxygens (including phenoxy) is 1. The summed E-state index contributed by atoms with van der Waals surface area (Å²) in [7, 11) is 0. The summed E-state index contributed by atoms with van der Waals surface area (Å²) in [6.07, 6.45) is 6.44. The fourth-order valence-corrected chi connectivity index (χ4v) is 3.49. The number of nitrogens with one attached hydrogen (secondary N) is 1. The van der Waals surface area contributed by atoms with Crippen LogP contribution in [0.5, 0.6) is 5.75 Å². The van der Waals surface area contributed by atoms with Crippen LogP contribution in [0.25, 0.3) is 0 Å². The van der Waals surface area contributed by atoms with Gasteiger partial charge in [0.2, 0.25) is 0 Å². The van der Waals surface area contributed by atoms with Crippen molar-refractivity contribution < 1.29 is 9.53 Å². The zero-order valence-electron chi connectivity index (χ0n) is 15.2. The highest BCUT2D eigenvalue weighted by atomic mass is 16.5. The van der Waals surface area contributed by atoms with E-state index in [1.165, 1.54) is 12.8 Å². The number of amides is 1. The van der Waals surface area contributed by atoms with Crippen LogP contribution in [0.15, 0.2) is 66.9 Å². The van der Waals surface area contributed by atoms with Crippen LogP contribution in [-0.4, -0.2) is 15.7 Å². The number of hydrogen-bond donors (Lipinski definition) is 1. The monoisotopic (exact) mass is 361 g/mol. The molecule has 0 atom stereocenters. The van der Waals surface area contributed by atoms with Crippen LogP contribution in [0.4, 0.5) is 5.82 Å². The molecule has 5 nitrogen and oxygen atoms in total. The van der Waals surface area contributed by atoms with Crippen molar-refractivity contribution in [3.63, 3.8) is 0 Å². The van der Waals surface area contributed by atoms with Gasteiger partial charge in [0.1, 0.15) is 18.2 Å². The standard InChI is InChI=1S/C22H23N3O2/c26-22(24-21-14-15-23-25(21)19-8-4-5-9-19)18-10-12-20(13-11-18)27-16-17-6-2-1-3-7-17/h1-3,6-7,10-15,19H,4-5,8-9,16H2,(H,24,26). The number of anilines is 1. The van der Waals surface area contributed by atoms with Crippen molar-refractivity contribution in [3.05, 3.63) is 78.0 Å². The number of nitrogens with zero attached hydrogens (tertiary/aromatic N) is 2. The van der Waals surface area contributed by atoms with Gasteiger partial charge in [0.25, 0.3) is 5.91 Å². The Morgan fingerprint density at radius 1 is 1.04 bits per heavy atom. The zero-order valence-corrected chi connectivity index (χ0v) is 15.2. The molecule has 1 aromatic heterocycles. The summed E-state index contributed by atoms with van der Waals surface area (Å²) in [5.41, 5.74) is 1.71. The number of aromatic nitrogens is 2. The van der Waals surface area contributed by atoms with Gasteiger partial charge in [-0.05, 0) is 42.7 Å². The molecule has 0 bridgehead atoms. The molecule has 5 heteroatoms. The first-order chi connectivity index (χ1) is 13.3. The van der Waals surface area contributed by atoms with Crippen molar-refractivity contribution in [1.29, 1.82) is 0 Å². The molecule has 4 rings (SSSR count). The molecule has 1 heterocycles. The number of hydrogen-bond acceptors (Lipinski definition) is 3. The summed E-state index contributed by atoms with van der Waals surface area (Å²) in [5, 5.41) is 7.38. The van der Waals surface area contributed by atoms with Crippen molar-refractivity contribution >= 4 is 11.7 Å². The summed E-state index contributed by atoms with van der Waals surface area (Å²) in [6.45, 7) is 0.507. The predicted octanol–water partition coefficient (Wildman–Crippen LogP) is 4.83. The summed E-state index contributed by atoms with van der Waals surface area (Å²) >= 11 is 0. The van der Waals surface area contributed by atoms with Crippen LogP contribution in [0, 0.1) is 0 Å². The molecule has 27 heavy (non-hydrogen) atoms. The second-order valence-corrected chi connectivity index (χ2v) is 6.85. The smallest absolute Gasteiger partial charge is 0.256 e. The van der Waals surface area contributed by atoms with Gasteiger partial charge < -0.3 is 10.1 Å².